The lowest BCUT2D eigenvalue weighted by Crippen LogP contribution is -2.05. The average molecular weight is 203 g/mol. The smallest absolute Gasteiger partial charge is 0.374 e. The molecule has 1 aromatic rings. The number of nitrogens with zero attached hydrogens (tertiary/aromatic N) is 2. The van der Waals surface area contributed by atoms with E-state index in [-0.39, 0.29) is 5.69 Å². The molecular formula is C7H7F2N3O2. The molecular weight excluding hydrogens is 196 g/mol. The summed E-state index contributed by atoms with van der Waals surface area (Å²) in [6, 6.07) is 0. The summed E-state index contributed by atoms with van der Waals surface area (Å²) in [5.41, 5.74) is 4.51. The van der Waals surface area contributed by atoms with Gasteiger partial charge in [-0.1, -0.05) is 0 Å². The molecule has 0 saturated heterocycles. The number of aromatic nitrogens is 1. The minimum Gasteiger partial charge on any atom is -0.398 e. The number of aryl methyl sites for hydroxylation is 1. The predicted molar refractivity (Wildman–Crippen MR) is 45.0 cm³/mol. The molecule has 7 heteroatoms. The SMILES string of the molecule is Cc1cnc([N+](=O)[O-])c(C(F)F)c1N. The van der Waals surface area contributed by atoms with Gasteiger partial charge in [0.2, 0.25) is 0 Å². The Balaban J connectivity index is 3.45. The molecule has 0 aliphatic rings. The van der Waals surface area contributed by atoms with Crippen LogP contribution in [0.15, 0.2) is 6.20 Å². The largest absolute Gasteiger partial charge is 0.398 e. The van der Waals surface area contributed by atoms with E-state index in [4.69, 9.17) is 5.73 Å². The Kier molecular flexibility index (Phi) is 2.59. The highest BCUT2D eigenvalue weighted by atomic mass is 19.3. The van der Waals surface area contributed by atoms with Crippen molar-refractivity contribution in [3.8, 4) is 0 Å². The number of nitro groups is 1. The third-order valence-corrected chi connectivity index (χ3v) is 1.73. The zero-order valence-electron chi connectivity index (χ0n) is 7.20. The summed E-state index contributed by atoms with van der Waals surface area (Å²) in [6.07, 6.45) is -1.90. The number of halogens is 2. The van der Waals surface area contributed by atoms with E-state index in [1.54, 1.807) is 0 Å². The molecule has 0 aliphatic carbocycles. The van der Waals surface area contributed by atoms with Crippen LogP contribution in [0.1, 0.15) is 17.6 Å². The Morgan fingerprint density at radius 3 is 2.64 bits per heavy atom. The maximum atomic E-state index is 12.4. The summed E-state index contributed by atoms with van der Waals surface area (Å²) in [7, 11) is 0. The van der Waals surface area contributed by atoms with Crippen molar-refractivity contribution >= 4 is 11.5 Å². The summed E-state index contributed by atoms with van der Waals surface area (Å²) in [5.74, 6) is -0.886. The molecule has 1 heterocycles. The molecule has 0 amide bonds. The predicted octanol–water partition coefficient (Wildman–Crippen LogP) is 1.82. The minimum atomic E-state index is -3.00. The number of anilines is 1. The minimum absolute atomic E-state index is 0.276. The fourth-order valence-corrected chi connectivity index (χ4v) is 0.991. The van der Waals surface area contributed by atoms with Gasteiger partial charge in [0.15, 0.2) is 0 Å². The summed E-state index contributed by atoms with van der Waals surface area (Å²) >= 11 is 0. The summed E-state index contributed by atoms with van der Waals surface area (Å²) < 4.78 is 24.8. The van der Waals surface area contributed by atoms with Crippen molar-refractivity contribution in [2.24, 2.45) is 0 Å². The van der Waals surface area contributed by atoms with E-state index in [2.05, 4.69) is 4.98 Å². The summed E-state index contributed by atoms with van der Waals surface area (Å²) in [4.78, 5) is 12.7. The van der Waals surface area contributed by atoms with Crippen LogP contribution in [-0.2, 0) is 0 Å². The molecule has 14 heavy (non-hydrogen) atoms. The lowest BCUT2D eigenvalue weighted by Gasteiger charge is -2.06. The fraction of sp³-hybridized carbons (Fsp3) is 0.286. The fourth-order valence-electron chi connectivity index (χ4n) is 0.991. The maximum Gasteiger partial charge on any atom is 0.374 e. The topological polar surface area (TPSA) is 82.0 Å². The van der Waals surface area contributed by atoms with E-state index in [1.807, 2.05) is 0 Å². The second-order valence-corrected chi connectivity index (χ2v) is 2.65. The number of pyridine rings is 1. The molecule has 0 saturated carbocycles. The summed E-state index contributed by atoms with van der Waals surface area (Å²) in [5, 5.41) is 10.3. The lowest BCUT2D eigenvalue weighted by atomic mass is 10.1. The van der Waals surface area contributed by atoms with E-state index >= 15 is 0 Å². The van der Waals surface area contributed by atoms with Gasteiger partial charge in [-0.2, -0.15) is 0 Å². The van der Waals surface area contributed by atoms with Crippen LogP contribution in [0.3, 0.4) is 0 Å². The standard InChI is InChI=1S/C7H7F2N3O2/c1-3-2-11-7(12(13)14)4(5(3)10)6(8)9/h2,6H,1H3,(H2,10,11). The Bertz CT molecular complexity index is 381. The van der Waals surface area contributed by atoms with E-state index in [1.165, 1.54) is 6.92 Å². The van der Waals surface area contributed by atoms with Gasteiger partial charge in [0.1, 0.15) is 11.8 Å². The van der Waals surface area contributed by atoms with Gasteiger partial charge in [0.05, 0.1) is 5.69 Å². The van der Waals surface area contributed by atoms with Crippen LogP contribution >= 0.6 is 0 Å². The van der Waals surface area contributed by atoms with Gasteiger partial charge in [-0.3, -0.25) is 0 Å². The second kappa shape index (κ2) is 3.52. The quantitative estimate of drug-likeness (QED) is 0.587. The van der Waals surface area contributed by atoms with Crippen LogP contribution in [0.4, 0.5) is 20.3 Å². The number of alkyl halides is 2. The number of nitrogen functional groups attached to an aromatic ring is 1. The molecule has 1 aromatic heterocycles. The average Bonchev–Trinajstić information content (AvgIpc) is 2.08. The van der Waals surface area contributed by atoms with Crippen molar-refractivity contribution in [2.45, 2.75) is 13.3 Å². The van der Waals surface area contributed by atoms with Gasteiger partial charge in [0.25, 0.3) is 6.43 Å². The van der Waals surface area contributed by atoms with Crippen LogP contribution in [0.5, 0.6) is 0 Å². The van der Waals surface area contributed by atoms with Crippen molar-refractivity contribution in [1.82, 2.24) is 4.98 Å². The normalized spacial score (nSPS) is 10.6. The molecule has 0 aromatic carbocycles. The maximum absolute atomic E-state index is 12.4. The zero-order chi connectivity index (χ0) is 10.9. The molecule has 0 unspecified atom stereocenters. The van der Waals surface area contributed by atoms with Crippen molar-refractivity contribution in [1.29, 1.82) is 0 Å². The van der Waals surface area contributed by atoms with Gasteiger partial charge < -0.3 is 15.8 Å². The first-order valence-corrected chi connectivity index (χ1v) is 3.62. The van der Waals surface area contributed by atoms with Crippen LogP contribution in [-0.4, -0.2) is 9.91 Å². The molecule has 76 valence electrons. The van der Waals surface area contributed by atoms with Gasteiger partial charge in [-0.25, -0.2) is 8.78 Å². The zero-order valence-corrected chi connectivity index (χ0v) is 7.20. The number of hydrogen-bond donors (Lipinski definition) is 1. The summed E-state index contributed by atoms with van der Waals surface area (Å²) in [6.45, 7) is 1.46. The van der Waals surface area contributed by atoms with Crippen LogP contribution < -0.4 is 5.73 Å². The first kappa shape index (κ1) is 10.3. The van der Waals surface area contributed by atoms with Crippen molar-refractivity contribution in [3.63, 3.8) is 0 Å². The first-order chi connectivity index (χ1) is 6.45. The van der Waals surface area contributed by atoms with Gasteiger partial charge >= 0.3 is 5.82 Å². The highest BCUT2D eigenvalue weighted by Gasteiger charge is 2.27. The molecule has 0 aliphatic heterocycles. The molecule has 0 radical (unpaired) electrons. The van der Waals surface area contributed by atoms with Crippen molar-refractivity contribution < 1.29 is 13.7 Å². The molecule has 5 nitrogen and oxygen atoms in total. The van der Waals surface area contributed by atoms with Gasteiger partial charge in [-0.05, 0) is 16.8 Å². The highest BCUT2D eigenvalue weighted by Crippen LogP contribution is 2.33. The van der Waals surface area contributed by atoms with E-state index in [9.17, 15) is 18.9 Å². The molecule has 1 rings (SSSR count). The van der Waals surface area contributed by atoms with E-state index < -0.39 is 22.7 Å². The Hall–Kier alpha value is -1.79. The molecule has 0 fully saturated rings. The number of nitrogens with two attached hydrogens (primary N) is 1. The van der Waals surface area contributed by atoms with Gasteiger partial charge in [0, 0.05) is 5.56 Å². The lowest BCUT2D eigenvalue weighted by molar-refractivity contribution is -0.391. The molecule has 0 bridgehead atoms. The van der Waals surface area contributed by atoms with Crippen LogP contribution in [0, 0.1) is 17.0 Å². The van der Waals surface area contributed by atoms with Crippen molar-refractivity contribution in [2.75, 3.05) is 5.73 Å². The Morgan fingerprint density at radius 1 is 1.64 bits per heavy atom. The number of rotatable bonds is 2. The first-order valence-electron chi connectivity index (χ1n) is 3.62. The van der Waals surface area contributed by atoms with E-state index in [0.29, 0.717) is 5.56 Å². The third-order valence-electron chi connectivity index (χ3n) is 1.73. The van der Waals surface area contributed by atoms with Crippen LogP contribution in [0.2, 0.25) is 0 Å². The molecule has 2 N–H and O–H groups in total. The Morgan fingerprint density at radius 2 is 2.21 bits per heavy atom. The Labute approximate surface area is 77.7 Å². The van der Waals surface area contributed by atoms with Crippen molar-refractivity contribution in [3.05, 3.63) is 27.4 Å². The third kappa shape index (κ3) is 1.61. The second-order valence-electron chi connectivity index (χ2n) is 2.65. The van der Waals surface area contributed by atoms with Gasteiger partial charge in [-0.15, -0.1) is 0 Å². The van der Waals surface area contributed by atoms with E-state index in [0.717, 1.165) is 6.20 Å². The highest BCUT2D eigenvalue weighted by molar-refractivity contribution is 5.59. The van der Waals surface area contributed by atoms with Crippen LogP contribution in [0.25, 0.3) is 0 Å². The number of hydrogen-bond acceptors (Lipinski definition) is 4. The molecule has 0 atom stereocenters. The molecule has 0 spiro atoms. The monoisotopic (exact) mass is 203 g/mol.